The van der Waals surface area contributed by atoms with Gasteiger partial charge in [0.1, 0.15) is 47.3 Å². The zero-order chi connectivity index (χ0) is 54.0. The van der Waals surface area contributed by atoms with Gasteiger partial charge in [-0.25, -0.2) is 37.0 Å². The summed E-state index contributed by atoms with van der Waals surface area (Å²) in [5.74, 6) is -0.397. The predicted octanol–water partition coefficient (Wildman–Crippen LogP) is 8.42. The van der Waals surface area contributed by atoms with Crippen LogP contribution >= 0.6 is 8.53 Å². The van der Waals surface area contributed by atoms with E-state index in [1.807, 2.05) is 78.9 Å². The maximum atomic E-state index is 15.4. The van der Waals surface area contributed by atoms with Crippen molar-refractivity contribution in [1.29, 1.82) is 0 Å². The van der Waals surface area contributed by atoms with E-state index in [1.54, 1.807) is 105 Å². The maximum Gasteiger partial charge on any atom is 0.339 e. The van der Waals surface area contributed by atoms with Gasteiger partial charge in [0, 0.05) is 30.8 Å². The minimum absolute atomic E-state index is 0.0567. The van der Waals surface area contributed by atoms with Crippen LogP contribution in [0, 0.1) is 0 Å². The van der Waals surface area contributed by atoms with Crippen LogP contribution in [0.2, 0.25) is 0 Å². The molecule has 20 heteroatoms. The summed E-state index contributed by atoms with van der Waals surface area (Å²) in [6.07, 6.45) is -2.79. The lowest BCUT2D eigenvalue weighted by molar-refractivity contribution is -0.0943. The summed E-state index contributed by atoms with van der Waals surface area (Å²) >= 11 is 0. The Balaban J connectivity index is 1.04. The molecule has 3 saturated heterocycles. The van der Waals surface area contributed by atoms with Gasteiger partial charge in [0.05, 0.1) is 37.6 Å². The highest BCUT2D eigenvalue weighted by Gasteiger charge is 2.55. The Bertz CT molecular complexity index is 3530. The second kappa shape index (κ2) is 22.5. The quantitative estimate of drug-likeness (QED) is 0.0634. The van der Waals surface area contributed by atoms with E-state index in [-0.39, 0.29) is 45.8 Å². The summed E-state index contributed by atoms with van der Waals surface area (Å²) in [6.45, 7) is 0.360. The Labute approximate surface area is 451 Å². The third-order valence-corrected chi connectivity index (χ3v) is 18.0. The third kappa shape index (κ3) is 9.92. The van der Waals surface area contributed by atoms with Crippen LogP contribution in [0.5, 0.6) is 11.5 Å². The van der Waals surface area contributed by atoms with Crippen molar-refractivity contribution in [3.63, 3.8) is 0 Å². The van der Waals surface area contributed by atoms with Crippen molar-refractivity contribution in [3.05, 3.63) is 214 Å². The third-order valence-electron chi connectivity index (χ3n) is 14.4. The normalized spacial score (nSPS) is 21.3. The average Bonchev–Trinajstić information content (AvgIpc) is 4.37. The van der Waals surface area contributed by atoms with E-state index in [2.05, 4.69) is 20.0 Å². The van der Waals surface area contributed by atoms with Crippen LogP contribution in [0.25, 0.3) is 11.2 Å². The number of methoxy groups -OCH3 is 3. The standard InChI is InChI=1S/C58H55N6O12PS/c1-70-43-30-26-41(27-31-43)58(40-21-12-6-13-22-40,42-28-32-44(71-2)33-29-42)73-35-47-50(76-77-62-34-16-25-46(62)48(75-77)36-78(68,69)45-23-14-7-15-24-45)51(72-3)56(74-47)64-53-49(63(57(64)67)55(66)39-19-10-5-11-20-39)52(59-37-60-53)61-54(65)38-17-8-4-9-18-38/h4-15,17-24,26-33,37,46-48,50-51,56H,16,25,34-36H2,1-3H3,(H,59,60,61,65)/t46-,47+,48+,50+,51+,56+,77-/m0/s1. The molecule has 0 radical (unpaired) electrons. The number of imidazole rings is 1. The molecule has 3 fully saturated rings. The largest absolute Gasteiger partial charge is 0.497 e. The van der Waals surface area contributed by atoms with Crippen LogP contribution in [-0.2, 0) is 38.7 Å². The molecule has 0 aliphatic carbocycles. The number of anilines is 1. The van der Waals surface area contributed by atoms with E-state index in [0.717, 1.165) is 27.7 Å². The number of carbonyl (C=O) groups is 2. The zero-order valence-electron chi connectivity index (χ0n) is 42.7. The van der Waals surface area contributed by atoms with Crippen molar-refractivity contribution in [2.45, 2.75) is 60.0 Å². The van der Waals surface area contributed by atoms with E-state index in [4.69, 9.17) is 32.7 Å². The molecule has 0 unspecified atom stereocenters. The number of hydrogen-bond acceptors (Lipinski definition) is 15. The van der Waals surface area contributed by atoms with Crippen molar-refractivity contribution >= 4 is 47.2 Å². The number of hydrogen-bond donors (Lipinski definition) is 1. The first kappa shape index (κ1) is 52.6. The fourth-order valence-electron chi connectivity index (χ4n) is 10.6. The molecular formula is C58H55N6O12PS. The van der Waals surface area contributed by atoms with Gasteiger partial charge >= 0.3 is 5.69 Å². The first-order valence-corrected chi connectivity index (χ1v) is 28.1. The molecule has 3 aliphatic heterocycles. The van der Waals surface area contributed by atoms with E-state index < -0.39 is 72.1 Å². The Hall–Kier alpha value is -7.45. The second-order valence-corrected chi connectivity index (χ2v) is 22.3. The Morgan fingerprint density at radius 2 is 1.29 bits per heavy atom. The lowest BCUT2D eigenvalue weighted by atomic mass is 9.80. The van der Waals surface area contributed by atoms with Crippen LogP contribution < -0.4 is 20.5 Å². The van der Waals surface area contributed by atoms with Crippen LogP contribution in [0.1, 0.15) is 56.5 Å². The zero-order valence-corrected chi connectivity index (χ0v) is 44.4. The van der Waals surface area contributed by atoms with E-state index in [0.29, 0.717) is 30.0 Å². The number of aromatic nitrogens is 4. The highest BCUT2D eigenvalue weighted by molar-refractivity contribution is 7.91. The lowest BCUT2D eigenvalue weighted by Crippen LogP contribution is -2.41. The molecular weight excluding hydrogens is 1040 g/mol. The molecule has 8 aromatic rings. The monoisotopic (exact) mass is 1090 g/mol. The van der Waals surface area contributed by atoms with Gasteiger partial charge < -0.3 is 38.0 Å². The molecule has 0 bridgehead atoms. The van der Waals surface area contributed by atoms with Gasteiger partial charge in [0.25, 0.3) is 20.3 Å². The smallest absolute Gasteiger partial charge is 0.339 e. The molecule has 0 spiro atoms. The number of benzene rings is 6. The molecule has 2 aromatic heterocycles. The summed E-state index contributed by atoms with van der Waals surface area (Å²) < 4.78 is 78.1. The number of sulfone groups is 1. The first-order valence-electron chi connectivity index (χ1n) is 25.3. The lowest BCUT2D eigenvalue weighted by Gasteiger charge is -2.37. The molecule has 7 atom stereocenters. The SMILES string of the molecule is COc1ccc(C(OC[C@H]2O[C@@H](n3c(=O)n(C(=O)c4ccccc4)c4c(NC(=O)c5ccccc5)ncnc43)[C@H](OC)[C@@H]2O[P@]2O[C@H](CS(=O)(=O)c3ccccc3)[C@@H]3CCCN32)(c2ccccc2)c2ccc(OC)cc2)cc1. The highest BCUT2D eigenvalue weighted by atomic mass is 32.2. The molecule has 78 heavy (non-hydrogen) atoms. The van der Waals surface area contributed by atoms with Gasteiger partial charge in [-0.15, -0.1) is 0 Å². The van der Waals surface area contributed by atoms with Crippen molar-refractivity contribution in [3.8, 4) is 11.5 Å². The van der Waals surface area contributed by atoms with Crippen LogP contribution in [0.15, 0.2) is 186 Å². The van der Waals surface area contributed by atoms with Crippen LogP contribution in [0.4, 0.5) is 5.82 Å². The molecule has 18 nitrogen and oxygen atoms in total. The van der Waals surface area contributed by atoms with Crippen LogP contribution in [0.3, 0.4) is 0 Å². The molecule has 3 aliphatic rings. The van der Waals surface area contributed by atoms with E-state index >= 15 is 4.79 Å². The molecule has 6 aromatic carbocycles. The fourth-order valence-corrected chi connectivity index (χ4v) is 14.2. The fraction of sp³-hybridized carbons (Fsp3) is 0.259. The molecule has 1 N–H and O–H groups in total. The van der Waals surface area contributed by atoms with Crippen molar-refractivity contribution in [1.82, 2.24) is 23.8 Å². The maximum absolute atomic E-state index is 15.4. The first-order chi connectivity index (χ1) is 38.0. The van der Waals surface area contributed by atoms with E-state index in [1.165, 1.54) is 18.0 Å². The molecule has 1 amide bonds. The highest BCUT2D eigenvalue weighted by Crippen LogP contribution is 2.58. The molecule has 5 heterocycles. The van der Waals surface area contributed by atoms with Gasteiger partial charge in [0.15, 0.2) is 27.5 Å². The second-order valence-electron chi connectivity index (χ2n) is 18.9. The molecule has 0 saturated carbocycles. The van der Waals surface area contributed by atoms with Gasteiger partial charge in [-0.2, -0.15) is 0 Å². The van der Waals surface area contributed by atoms with Crippen molar-refractivity contribution < 1.29 is 50.7 Å². The number of fused-ring (bicyclic) bond motifs is 2. The molecule has 400 valence electrons. The van der Waals surface area contributed by atoms with Gasteiger partial charge in [-0.05, 0) is 90.2 Å². The summed E-state index contributed by atoms with van der Waals surface area (Å²) in [5, 5.41) is 2.81. The summed E-state index contributed by atoms with van der Waals surface area (Å²) in [7, 11) is -1.13. The summed E-state index contributed by atoms with van der Waals surface area (Å²) in [4.78, 5) is 53.2. The van der Waals surface area contributed by atoms with Crippen molar-refractivity contribution in [2.75, 3.05) is 45.6 Å². The van der Waals surface area contributed by atoms with Crippen molar-refractivity contribution in [2.24, 2.45) is 0 Å². The number of amides is 1. The predicted molar refractivity (Wildman–Crippen MR) is 290 cm³/mol. The summed E-state index contributed by atoms with van der Waals surface area (Å²) in [5.41, 5.74) is 0.360. The number of ether oxygens (including phenoxy) is 5. The number of nitrogens with zero attached hydrogens (tertiary/aromatic N) is 5. The minimum atomic E-state index is -3.78. The van der Waals surface area contributed by atoms with Gasteiger partial charge in [0.2, 0.25) is 0 Å². The number of rotatable bonds is 18. The van der Waals surface area contributed by atoms with Gasteiger partial charge in [-0.1, -0.05) is 109 Å². The average molecular weight is 1090 g/mol. The number of carbonyl (C=O) groups excluding carboxylic acids is 2. The van der Waals surface area contributed by atoms with Gasteiger partial charge in [-0.3, -0.25) is 9.59 Å². The molecule has 11 rings (SSSR count). The van der Waals surface area contributed by atoms with Crippen LogP contribution in [-0.4, -0.2) is 115 Å². The minimum Gasteiger partial charge on any atom is -0.497 e. The Morgan fingerprint density at radius 1 is 0.718 bits per heavy atom. The Morgan fingerprint density at radius 3 is 1.90 bits per heavy atom. The number of nitrogens with one attached hydrogen (secondary N) is 1. The summed E-state index contributed by atoms with van der Waals surface area (Å²) in [6, 6.07) is 49.5. The topological polar surface area (TPSA) is 201 Å². The van der Waals surface area contributed by atoms with E-state index in [9.17, 15) is 18.0 Å². The Kier molecular flexibility index (Phi) is 15.2.